The zero-order valence-corrected chi connectivity index (χ0v) is 16.3. The van der Waals surface area contributed by atoms with Crippen LogP contribution >= 0.6 is 34.8 Å². The summed E-state index contributed by atoms with van der Waals surface area (Å²) in [7, 11) is 0. The van der Waals surface area contributed by atoms with Crippen molar-refractivity contribution >= 4 is 58.0 Å². The van der Waals surface area contributed by atoms with Crippen molar-refractivity contribution in [1.82, 2.24) is 0 Å². The van der Waals surface area contributed by atoms with Crippen molar-refractivity contribution in [2.45, 2.75) is 12.6 Å². The van der Waals surface area contributed by atoms with E-state index in [9.17, 15) is 22.8 Å². The molecule has 1 aliphatic rings. The van der Waals surface area contributed by atoms with Gasteiger partial charge in [0.2, 0.25) is 11.8 Å². The van der Waals surface area contributed by atoms with Crippen molar-refractivity contribution < 1.29 is 22.8 Å². The van der Waals surface area contributed by atoms with Crippen molar-refractivity contribution in [3.63, 3.8) is 0 Å². The minimum absolute atomic E-state index is 0.0152. The van der Waals surface area contributed by atoms with Crippen LogP contribution in [0.5, 0.6) is 0 Å². The Morgan fingerprint density at radius 3 is 2.50 bits per heavy atom. The third kappa shape index (κ3) is 4.21. The highest BCUT2D eigenvalue weighted by Gasteiger charge is 2.37. The second-order valence-electron chi connectivity index (χ2n) is 6.16. The Kier molecular flexibility index (Phi) is 5.79. The monoisotopic (exact) mass is 450 g/mol. The zero-order chi connectivity index (χ0) is 20.6. The van der Waals surface area contributed by atoms with Crippen LogP contribution in [0.25, 0.3) is 0 Å². The molecule has 1 heterocycles. The van der Waals surface area contributed by atoms with Gasteiger partial charge in [0.05, 0.1) is 37.9 Å². The molecule has 10 heteroatoms. The quantitative estimate of drug-likeness (QED) is 0.655. The van der Waals surface area contributed by atoms with Gasteiger partial charge in [-0.2, -0.15) is 13.2 Å². The summed E-state index contributed by atoms with van der Waals surface area (Å²) >= 11 is 18.0. The summed E-state index contributed by atoms with van der Waals surface area (Å²) in [5, 5.41) is 2.77. The minimum atomic E-state index is -4.58. The largest absolute Gasteiger partial charge is 0.416 e. The maximum Gasteiger partial charge on any atom is 0.416 e. The Morgan fingerprint density at radius 1 is 1.11 bits per heavy atom. The van der Waals surface area contributed by atoms with Crippen molar-refractivity contribution in [2.24, 2.45) is 5.92 Å². The lowest BCUT2D eigenvalue weighted by atomic mass is 10.1. The van der Waals surface area contributed by atoms with Crippen LogP contribution in [-0.4, -0.2) is 18.4 Å². The van der Waals surface area contributed by atoms with Gasteiger partial charge in [-0.1, -0.05) is 40.9 Å². The zero-order valence-electron chi connectivity index (χ0n) is 14.0. The number of nitrogens with zero attached hydrogens (tertiary/aromatic N) is 1. The van der Waals surface area contributed by atoms with E-state index in [1.165, 1.54) is 4.90 Å². The number of amides is 2. The number of rotatable bonds is 3. The fourth-order valence-electron chi connectivity index (χ4n) is 2.85. The van der Waals surface area contributed by atoms with Gasteiger partial charge in [0.15, 0.2) is 0 Å². The second-order valence-corrected chi connectivity index (χ2v) is 7.35. The van der Waals surface area contributed by atoms with E-state index < -0.39 is 23.6 Å². The summed E-state index contributed by atoms with van der Waals surface area (Å²) in [5.74, 6) is -1.75. The van der Waals surface area contributed by atoms with Gasteiger partial charge in [0.25, 0.3) is 0 Å². The van der Waals surface area contributed by atoms with Crippen molar-refractivity contribution in [3.05, 3.63) is 57.0 Å². The number of hydrogen-bond acceptors (Lipinski definition) is 2. The Bertz CT molecular complexity index is 950. The lowest BCUT2D eigenvalue weighted by Gasteiger charge is -2.19. The van der Waals surface area contributed by atoms with E-state index in [-0.39, 0.29) is 39.6 Å². The van der Waals surface area contributed by atoms with Crippen LogP contribution < -0.4 is 10.2 Å². The third-order valence-electron chi connectivity index (χ3n) is 4.27. The van der Waals surface area contributed by atoms with Crippen LogP contribution in [0.1, 0.15) is 12.0 Å². The topological polar surface area (TPSA) is 49.4 Å². The number of halogens is 6. The molecule has 0 spiro atoms. The van der Waals surface area contributed by atoms with Gasteiger partial charge in [-0.3, -0.25) is 9.59 Å². The first-order chi connectivity index (χ1) is 13.1. The van der Waals surface area contributed by atoms with Gasteiger partial charge >= 0.3 is 6.18 Å². The predicted molar refractivity (Wildman–Crippen MR) is 102 cm³/mol. The highest BCUT2D eigenvalue weighted by Crippen LogP contribution is 2.37. The van der Waals surface area contributed by atoms with Crippen LogP contribution in [0.15, 0.2) is 36.4 Å². The minimum Gasteiger partial charge on any atom is -0.324 e. The van der Waals surface area contributed by atoms with E-state index in [1.54, 1.807) is 18.2 Å². The number of alkyl halides is 3. The molecule has 0 bridgehead atoms. The summed E-state index contributed by atoms with van der Waals surface area (Å²) in [6.07, 6.45) is -4.70. The number of carbonyl (C=O) groups excluding carboxylic acids is 2. The van der Waals surface area contributed by atoms with Gasteiger partial charge in [0, 0.05) is 13.0 Å². The second kappa shape index (κ2) is 7.81. The molecule has 2 amide bonds. The number of nitrogens with one attached hydrogen (secondary N) is 1. The van der Waals surface area contributed by atoms with Crippen molar-refractivity contribution in [2.75, 3.05) is 16.8 Å². The van der Waals surface area contributed by atoms with E-state index in [2.05, 4.69) is 5.32 Å². The summed E-state index contributed by atoms with van der Waals surface area (Å²) in [4.78, 5) is 26.2. The molecule has 2 aromatic rings. The molecule has 1 N–H and O–H groups in total. The molecule has 0 saturated carbocycles. The van der Waals surface area contributed by atoms with Crippen molar-refractivity contribution in [3.8, 4) is 0 Å². The average molecular weight is 452 g/mol. The first-order valence-corrected chi connectivity index (χ1v) is 9.13. The molecular formula is C18H12Cl3F3N2O2. The smallest absolute Gasteiger partial charge is 0.324 e. The van der Waals surface area contributed by atoms with Crippen LogP contribution in [-0.2, 0) is 15.8 Å². The number of benzene rings is 2. The highest BCUT2D eigenvalue weighted by molar-refractivity contribution is 6.44. The molecule has 4 nitrogen and oxygen atoms in total. The lowest BCUT2D eigenvalue weighted by Crippen LogP contribution is -2.28. The molecular weight excluding hydrogens is 440 g/mol. The summed E-state index contributed by atoms with van der Waals surface area (Å²) in [6.45, 7) is 0.0152. The maximum atomic E-state index is 12.9. The van der Waals surface area contributed by atoms with Gasteiger partial charge in [-0.15, -0.1) is 0 Å². The average Bonchev–Trinajstić information content (AvgIpc) is 3.00. The van der Waals surface area contributed by atoms with Gasteiger partial charge in [-0.05, 0) is 30.3 Å². The predicted octanol–water partition coefficient (Wildman–Crippen LogP) is 5.66. The van der Waals surface area contributed by atoms with E-state index in [4.69, 9.17) is 34.8 Å². The normalized spacial score (nSPS) is 17.1. The SMILES string of the molecule is O=C(Nc1cc(C(F)(F)F)ccc1Cl)[C@@H]1CC(=O)N(c2cccc(Cl)c2Cl)C1. The van der Waals surface area contributed by atoms with Gasteiger partial charge < -0.3 is 10.2 Å². The molecule has 1 fully saturated rings. The van der Waals surface area contributed by atoms with E-state index in [0.717, 1.165) is 18.2 Å². The van der Waals surface area contributed by atoms with E-state index in [0.29, 0.717) is 5.69 Å². The maximum absolute atomic E-state index is 12.9. The summed E-state index contributed by atoms with van der Waals surface area (Å²) in [5.41, 5.74) is -0.748. The highest BCUT2D eigenvalue weighted by atomic mass is 35.5. The van der Waals surface area contributed by atoms with Crippen LogP contribution in [0.4, 0.5) is 24.5 Å². The molecule has 0 unspecified atom stereocenters. The summed E-state index contributed by atoms with van der Waals surface area (Å²) in [6, 6.07) is 7.40. The molecule has 0 aliphatic carbocycles. The third-order valence-corrected chi connectivity index (χ3v) is 5.41. The molecule has 1 aliphatic heterocycles. The standard InChI is InChI=1S/C18H12Cl3F3N2O2/c19-11-5-4-10(18(22,23)24)7-13(11)25-17(28)9-6-15(27)26(8-9)14-3-1-2-12(20)16(14)21/h1-5,7,9H,6,8H2,(H,25,28)/t9-/m1/s1. The van der Waals surface area contributed by atoms with Crippen LogP contribution in [0.2, 0.25) is 15.1 Å². The Balaban J connectivity index is 1.78. The lowest BCUT2D eigenvalue weighted by molar-refractivity contribution is -0.137. The molecule has 1 atom stereocenters. The van der Waals surface area contributed by atoms with Crippen LogP contribution in [0, 0.1) is 5.92 Å². The fourth-order valence-corrected chi connectivity index (χ4v) is 3.41. The fraction of sp³-hybridized carbons (Fsp3) is 0.222. The number of carbonyl (C=O) groups is 2. The van der Waals surface area contributed by atoms with Gasteiger partial charge in [-0.25, -0.2) is 0 Å². The van der Waals surface area contributed by atoms with E-state index >= 15 is 0 Å². The Labute approximate surface area is 173 Å². The van der Waals surface area contributed by atoms with Crippen LogP contribution in [0.3, 0.4) is 0 Å². The Morgan fingerprint density at radius 2 is 1.82 bits per heavy atom. The number of hydrogen-bond donors (Lipinski definition) is 1. The molecule has 0 aromatic heterocycles. The molecule has 2 aromatic carbocycles. The first-order valence-electron chi connectivity index (χ1n) is 8.00. The van der Waals surface area contributed by atoms with E-state index in [1.807, 2.05) is 0 Å². The molecule has 1 saturated heterocycles. The molecule has 3 rings (SSSR count). The molecule has 0 radical (unpaired) electrons. The van der Waals surface area contributed by atoms with Gasteiger partial charge in [0.1, 0.15) is 0 Å². The summed E-state index contributed by atoms with van der Waals surface area (Å²) < 4.78 is 38.6. The Hall–Kier alpha value is -1.96. The first kappa shape index (κ1) is 20.8. The van der Waals surface area contributed by atoms with Crippen molar-refractivity contribution in [1.29, 1.82) is 0 Å². The molecule has 28 heavy (non-hydrogen) atoms. The molecule has 148 valence electrons. The number of anilines is 2.